The summed E-state index contributed by atoms with van der Waals surface area (Å²) in [4.78, 5) is 29.3. The van der Waals surface area contributed by atoms with Crippen molar-refractivity contribution in [3.63, 3.8) is 0 Å². The first kappa shape index (κ1) is 31.9. The minimum Gasteiger partial charge on any atom is -0.352 e. The van der Waals surface area contributed by atoms with E-state index in [1.54, 1.807) is 48.5 Å². The number of carbonyl (C=O) groups is 2. The Balaban J connectivity index is 1.74. The van der Waals surface area contributed by atoms with Gasteiger partial charge in [-0.15, -0.1) is 0 Å². The molecule has 0 aromatic heterocycles. The molecule has 0 heterocycles. The van der Waals surface area contributed by atoms with Crippen LogP contribution in [0.1, 0.15) is 55.7 Å². The maximum Gasteiger partial charge on any atom is 0.264 e. The zero-order valence-corrected chi connectivity index (χ0v) is 26.5. The van der Waals surface area contributed by atoms with Crippen LogP contribution in [0.2, 0.25) is 10.0 Å². The predicted octanol–water partition coefficient (Wildman–Crippen LogP) is 6.67. The van der Waals surface area contributed by atoms with Crippen molar-refractivity contribution in [3.05, 3.63) is 93.5 Å². The first-order valence-electron chi connectivity index (χ1n) is 14.2. The second kappa shape index (κ2) is 13.9. The van der Waals surface area contributed by atoms with Crippen molar-refractivity contribution < 1.29 is 18.0 Å². The highest BCUT2D eigenvalue weighted by Crippen LogP contribution is 2.29. The molecule has 42 heavy (non-hydrogen) atoms. The zero-order valence-electron chi connectivity index (χ0n) is 24.1. The minimum absolute atomic E-state index is 0.0428. The van der Waals surface area contributed by atoms with E-state index in [0.29, 0.717) is 22.0 Å². The highest BCUT2D eigenvalue weighted by atomic mass is 35.5. The Morgan fingerprint density at radius 3 is 2.24 bits per heavy atom. The molecule has 1 aliphatic carbocycles. The van der Waals surface area contributed by atoms with Crippen LogP contribution in [0.25, 0.3) is 0 Å². The summed E-state index contributed by atoms with van der Waals surface area (Å²) in [5.74, 6) is -0.785. The normalized spacial score (nSPS) is 14.4. The number of nitrogens with one attached hydrogen (secondary N) is 1. The molecule has 0 bridgehead atoms. The van der Waals surface area contributed by atoms with Crippen LogP contribution < -0.4 is 9.62 Å². The molecule has 4 rings (SSSR count). The number of amides is 2. The fourth-order valence-corrected chi connectivity index (χ4v) is 6.98. The Labute approximate surface area is 258 Å². The smallest absolute Gasteiger partial charge is 0.264 e. The molecule has 1 saturated carbocycles. The standard InChI is InChI=1S/C32H37Cl2N3O4S/c1-4-30(32(39)35-25-10-6-7-11-25)36(20-24-9-5-8-12-28(24)33)31(38)21-37(26-16-15-23(3)29(34)19-26)42(40,41)27-17-13-22(2)14-18-27/h5,8-9,12-19,25,30H,4,6-7,10-11,20-21H2,1-3H3,(H,35,39)/t30-/m1/s1. The first-order valence-corrected chi connectivity index (χ1v) is 16.4. The van der Waals surface area contributed by atoms with Crippen molar-refractivity contribution >= 4 is 50.7 Å². The molecule has 10 heteroatoms. The Morgan fingerprint density at radius 2 is 1.62 bits per heavy atom. The van der Waals surface area contributed by atoms with E-state index < -0.39 is 28.5 Å². The van der Waals surface area contributed by atoms with Gasteiger partial charge in [0, 0.05) is 22.6 Å². The second-order valence-corrected chi connectivity index (χ2v) is 13.5. The molecule has 3 aromatic carbocycles. The van der Waals surface area contributed by atoms with E-state index in [4.69, 9.17) is 23.2 Å². The van der Waals surface area contributed by atoms with Gasteiger partial charge < -0.3 is 10.2 Å². The van der Waals surface area contributed by atoms with Crippen LogP contribution >= 0.6 is 23.2 Å². The summed E-state index contributed by atoms with van der Waals surface area (Å²) in [5.41, 5.74) is 2.58. The van der Waals surface area contributed by atoms with Gasteiger partial charge in [-0.1, -0.05) is 84.9 Å². The van der Waals surface area contributed by atoms with E-state index in [0.717, 1.165) is 41.1 Å². The molecule has 224 valence electrons. The van der Waals surface area contributed by atoms with Gasteiger partial charge in [-0.3, -0.25) is 13.9 Å². The summed E-state index contributed by atoms with van der Waals surface area (Å²) < 4.78 is 29.1. The molecule has 7 nitrogen and oxygen atoms in total. The van der Waals surface area contributed by atoms with E-state index in [1.807, 2.05) is 26.8 Å². The molecule has 3 aromatic rings. The summed E-state index contributed by atoms with van der Waals surface area (Å²) >= 11 is 12.9. The van der Waals surface area contributed by atoms with Crippen LogP contribution in [0.4, 0.5) is 5.69 Å². The van der Waals surface area contributed by atoms with Crippen LogP contribution in [-0.2, 0) is 26.2 Å². The van der Waals surface area contributed by atoms with Gasteiger partial charge in [-0.2, -0.15) is 0 Å². The molecule has 0 saturated heterocycles. The number of anilines is 1. The number of rotatable bonds is 11. The monoisotopic (exact) mass is 629 g/mol. The van der Waals surface area contributed by atoms with E-state index in [2.05, 4.69) is 5.32 Å². The highest BCUT2D eigenvalue weighted by Gasteiger charge is 2.35. The largest absolute Gasteiger partial charge is 0.352 e. The van der Waals surface area contributed by atoms with Crippen molar-refractivity contribution in [3.8, 4) is 0 Å². The summed E-state index contributed by atoms with van der Waals surface area (Å²) in [6.45, 7) is 5.03. The topological polar surface area (TPSA) is 86.8 Å². The molecular weight excluding hydrogens is 593 g/mol. The molecule has 1 aliphatic rings. The average Bonchev–Trinajstić information content (AvgIpc) is 3.47. The number of hydrogen-bond donors (Lipinski definition) is 1. The lowest BCUT2D eigenvalue weighted by Gasteiger charge is -2.34. The van der Waals surface area contributed by atoms with E-state index >= 15 is 0 Å². The van der Waals surface area contributed by atoms with Crippen molar-refractivity contribution in [2.75, 3.05) is 10.8 Å². The van der Waals surface area contributed by atoms with Crippen LogP contribution in [0.3, 0.4) is 0 Å². The number of aryl methyl sites for hydroxylation is 2. The number of halogens is 2. The van der Waals surface area contributed by atoms with Gasteiger partial charge in [0.1, 0.15) is 12.6 Å². The van der Waals surface area contributed by atoms with Crippen molar-refractivity contribution in [1.82, 2.24) is 10.2 Å². The van der Waals surface area contributed by atoms with Gasteiger partial charge in [-0.25, -0.2) is 8.42 Å². The van der Waals surface area contributed by atoms with Gasteiger partial charge in [-0.05, 0) is 74.6 Å². The van der Waals surface area contributed by atoms with E-state index in [1.165, 1.54) is 17.0 Å². The Bertz CT molecular complexity index is 1520. The summed E-state index contributed by atoms with van der Waals surface area (Å²) in [6, 6.07) is 17.7. The third-order valence-electron chi connectivity index (χ3n) is 7.72. The highest BCUT2D eigenvalue weighted by molar-refractivity contribution is 7.92. The summed E-state index contributed by atoms with van der Waals surface area (Å²) in [6.07, 6.45) is 4.24. The Morgan fingerprint density at radius 1 is 0.952 bits per heavy atom. The quantitative estimate of drug-likeness (QED) is 0.256. The Kier molecular flexibility index (Phi) is 10.6. The van der Waals surface area contributed by atoms with Crippen LogP contribution in [0, 0.1) is 13.8 Å². The third kappa shape index (κ3) is 7.46. The van der Waals surface area contributed by atoms with Gasteiger partial charge in [0.2, 0.25) is 11.8 Å². The summed E-state index contributed by atoms with van der Waals surface area (Å²) in [5, 5.41) is 3.94. The van der Waals surface area contributed by atoms with Crippen LogP contribution in [0.15, 0.2) is 71.6 Å². The number of benzene rings is 3. The summed E-state index contributed by atoms with van der Waals surface area (Å²) in [7, 11) is -4.18. The average molecular weight is 631 g/mol. The predicted molar refractivity (Wildman–Crippen MR) is 168 cm³/mol. The minimum atomic E-state index is -4.18. The zero-order chi connectivity index (χ0) is 30.4. The van der Waals surface area contributed by atoms with Gasteiger partial charge in [0.15, 0.2) is 0 Å². The number of hydrogen-bond acceptors (Lipinski definition) is 4. The lowest BCUT2D eigenvalue weighted by molar-refractivity contribution is -0.140. The molecule has 0 radical (unpaired) electrons. The van der Waals surface area contributed by atoms with Crippen LogP contribution in [0.5, 0.6) is 0 Å². The molecule has 0 spiro atoms. The molecule has 1 N–H and O–H groups in total. The van der Waals surface area contributed by atoms with Crippen molar-refractivity contribution in [2.24, 2.45) is 0 Å². The number of nitrogens with zero attached hydrogens (tertiary/aromatic N) is 2. The third-order valence-corrected chi connectivity index (χ3v) is 10.3. The maximum atomic E-state index is 14.2. The van der Waals surface area contributed by atoms with E-state index in [9.17, 15) is 18.0 Å². The fraction of sp³-hybridized carbons (Fsp3) is 0.375. The number of carbonyl (C=O) groups excluding carboxylic acids is 2. The van der Waals surface area contributed by atoms with Crippen molar-refractivity contribution in [1.29, 1.82) is 0 Å². The van der Waals surface area contributed by atoms with Crippen LogP contribution in [-0.4, -0.2) is 43.8 Å². The fourth-order valence-electron chi connectivity index (χ4n) is 5.20. The molecule has 2 amide bonds. The van der Waals surface area contributed by atoms with Gasteiger partial charge in [0.05, 0.1) is 10.6 Å². The lowest BCUT2D eigenvalue weighted by atomic mass is 10.1. The lowest BCUT2D eigenvalue weighted by Crippen LogP contribution is -2.53. The molecular formula is C32H37Cl2N3O4S. The molecule has 1 atom stereocenters. The van der Waals surface area contributed by atoms with E-state index in [-0.39, 0.29) is 29.1 Å². The first-order chi connectivity index (χ1) is 20.0. The second-order valence-electron chi connectivity index (χ2n) is 10.8. The Hall–Kier alpha value is -3.07. The molecule has 0 aliphatic heterocycles. The maximum absolute atomic E-state index is 14.2. The SMILES string of the molecule is CC[C@H](C(=O)NC1CCCC1)N(Cc1ccccc1Cl)C(=O)CN(c1ccc(C)c(Cl)c1)S(=O)(=O)c1ccc(C)cc1. The van der Waals surface area contributed by atoms with Gasteiger partial charge in [0.25, 0.3) is 10.0 Å². The van der Waals surface area contributed by atoms with Crippen molar-refractivity contribution in [2.45, 2.75) is 76.4 Å². The molecule has 1 fully saturated rings. The number of sulfonamides is 1. The molecule has 0 unspecified atom stereocenters. The van der Waals surface area contributed by atoms with Gasteiger partial charge >= 0.3 is 0 Å².